The van der Waals surface area contributed by atoms with Crippen molar-refractivity contribution in [2.24, 2.45) is 5.73 Å². The molecule has 1 unspecified atom stereocenters. The van der Waals surface area contributed by atoms with E-state index in [2.05, 4.69) is 10.6 Å². The Labute approximate surface area is 106 Å². The quantitative estimate of drug-likeness (QED) is 0.742. The fourth-order valence-electron chi connectivity index (χ4n) is 2.31. The van der Waals surface area contributed by atoms with Crippen LogP contribution in [0.5, 0.6) is 0 Å². The average Bonchev–Trinajstić information content (AvgIpc) is 2.81. The number of halogens is 1. The molecular weight excluding hydrogens is 233 g/mol. The number of amides is 1. The summed E-state index contributed by atoms with van der Waals surface area (Å²) in [6, 6.07) is 5.00. The van der Waals surface area contributed by atoms with Crippen LogP contribution in [0.15, 0.2) is 18.2 Å². The molecule has 0 aromatic heterocycles. The predicted octanol–water partition coefficient (Wildman–Crippen LogP) is 1.48. The van der Waals surface area contributed by atoms with E-state index in [0.29, 0.717) is 18.3 Å². The lowest BCUT2D eigenvalue weighted by molar-refractivity contribution is 0.0997. The minimum atomic E-state index is -0.741. The third kappa shape index (κ3) is 2.98. The molecule has 1 aromatic rings. The van der Waals surface area contributed by atoms with Gasteiger partial charge in [0.05, 0.1) is 5.56 Å². The fourth-order valence-corrected chi connectivity index (χ4v) is 2.31. The molecule has 98 valence electrons. The van der Waals surface area contributed by atoms with Crippen molar-refractivity contribution in [1.82, 2.24) is 5.32 Å². The van der Waals surface area contributed by atoms with Gasteiger partial charge in [-0.1, -0.05) is 6.07 Å². The first-order chi connectivity index (χ1) is 8.68. The predicted molar refractivity (Wildman–Crippen MR) is 69.0 cm³/mol. The van der Waals surface area contributed by atoms with Crippen LogP contribution in [-0.2, 0) is 0 Å². The van der Waals surface area contributed by atoms with Crippen molar-refractivity contribution in [3.63, 3.8) is 0 Å². The van der Waals surface area contributed by atoms with Gasteiger partial charge in [0.25, 0.3) is 5.91 Å². The van der Waals surface area contributed by atoms with Crippen molar-refractivity contribution < 1.29 is 9.18 Å². The number of rotatable bonds is 5. The highest BCUT2D eigenvalue weighted by Gasteiger charge is 2.15. The third-order valence-electron chi connectivity index (χ3n) is 3.23. The minimum Gasteiger partial charge on any atom is -0.384 e. The maximum atomic E-state index is 13.5. The van der Waals surface area contributed by atoms with Crippen molar-refractivity contribution in [3.8, 4) is 0 Å². The van der Waals surface area contributed by atoms with Crippen LogP contribution in [0.3, 0.4) is 0 Å². The summed E-state index contributed by atoms with van der Waals surface area (Å²) in [7, 11) is 0. The summed E-state index contributed by atoms with van der Waals surface area (Å²) in [5.74, 6) is -1.32. The number of carbonyl (C=O) groups is 1. The molecule has 0 aliphatic carbocycles. The van der Waals surface area contributed by atoms with Crippen molar-refractivity contribution in [2.75, 3.05) is 18.4 Å². The number of benzene rings is 1. The molecule has 1 saturated heterocycles. The van der Waals surface area contributed by atoms with Gasteiger partial charge in [-0.2, -0.15) is 0 Å². The van der Waals surface area contributed by atoms with Crippen LogP contribution in [0.25, 0.3) is 0 Å². The summed E-state index contributed by atoms with van der Waals surface area (Å²) in [5.41, 5.74) is 5.59. The second kappa shape index (κ2) is 5.82. The number of nitrogens with one attached hydrogen (secondary N) is 2. The lowest BCUT2D eigenvalue weighted by Crippen LogP contribution is -2.24. The molecular formula is C13H18FN3O. The van der Waals surface area contributed by atoms with Gasteiger partial charge in [0.1, 0.15) is 5.82 Å². The van der Waals surface area contributed by atoms with Crippen molar-refractivity contribution in [2.45, 2.75) is 25.3 Å². The minimum absolute atomic E-state index is 0.0584. The van der Waals surface area contributed by atoms with Crippen LogP contribution in [0.1, 0.15) is 29.6 Å². The van der Waals surface area contributed by atoms with Crippen molar-refractivity contribution in [3.05, 3.63) is 29.6 Å². The Hall–Kier alpha value is -1.62. The van der Waals surface area contributed by atoms with E-state index in [-0.39, 0.29) is 5.56 Å². The monoisotopic (exact) mass is 251 g/mol. The first kappa shape index (κ1) is 12.8. The Kier molecular flexibility index (Phi) is 4.15. The molecule has 4 nitrogen and oxygen atoms in total. The van der Waals surface area contributed by atoms with Gasteiger partial charge in [0.15, 0.2) is 0 Å². The maximum absolute atomic E-state index is 13.5. The van der Waals surface area contributed by atoms with Crippen LogP contribution in [0.2, 0.25) is 0 Å². The number of hydrogen-bond donors (Lipinski definition) is 3. The molecule has 1 amide bonds. The molecule has 1 heterocycles. The zero-order valence-corrected chi connectivity index (χ0v) is 10.2. The lowest BCUT2D eigenvalue weighted by atomic mass is 10.1. The first-order valence-electron chi connectivity index (χ1n) is 6.24. The van der Waals surface area contributed by atoms with E-state index in [1.54, 1.807) is 12.1 Å². The van der Waals surface area contributed by atoms with Gasteiger partial charge in [-0.25, -0.2) is 4.39 Å². The van der Waals surface area contributed by atoms with E-state index >= 15 is 0 Å². The van der Waals surface area contributed by atoms with Gasteiger partial charge >= 0.3 is 0 Å². The van der Waals surface area contributed by atoms with Crippen molar-refractivity contribution in [1.29, 1.82) is 0 Å². The molecule has 0 bridgehead atoms. The Balaban J connectivity index is 1.96. The van der Waals surface area contributed by atoms with E-state index in [1.165, 1.54) is 18.9 Å². The highest BCUT2D eigenvalue weighted by molar-refractivity contribution is 5.98. The molecule has 0 spiro atoms. The molecule has 1 atom stereocenters. The maximum Gasteiger partial charge on any atom is 0.253 e. The Morgan fingerprint density at radius 1 is 1.56 bits per heavy atom. The lowest BCUT2D eigenvalue weighted by Gasteiger charge is -2.13. The molecule has 1 aliphatic rings. The largest absolute Gasteiger partial charge is 0.384 e. The van der Waals surface area contributed by atoms with Crippen LogP contribution in [0.4, 0.5) is 10.1 Å². The molecule has 1 aromatic carbocycles. The Bertz CT molecular complexity index is 430. The summed E-state index contributed by atoms with van der Waals surface area (Å²) in [6.45, 7) is 1.76. The summed E-state index contributed by atoms with van der Waals surface area (Å²) < 4.78 is 13.5. The van der Waals surface area contributed by atoms with Gasteiger partial charge in [-0.05, 0) is 37.9 Å². The molecule has 4 N–H and O–H groups in total. The molecule has 1 fully saturated rings. The topological polar surface area (TPSA) is 67.2 Å². The normalized spacial score (nSPS) is 18.8. The second-order valence-electron chi connectivity index (χ2n) is 4.54. The van der Waals surface area contributed by atoms with Gasteiger partial charge < -0.3 is 16.4 Å². The smallest absolute Gasteiger partial charge is 0.253 e. The van der Waals surface area contributed by atoms with E-state index in [0.717, 1.165) is 13.0 Å². The van der Waals surface area contributed by atoms with Crippen LogP contribution in [-0.4, -0.2) is 25.0 Å². The zero-order chi connectivity index (χ0) is 13.0. The molecule has 18 heavy (non-hydrogen) atoms. The van der Waals surface area contributed by atoms with E-state index in [9.17, 15) is 9.18 Å². The van der Waals surface area contributed by atoms with E-state index < -0.39 is 11.7 Å². The van der Waals surface area contributed by atoms with E-state index in [1.807, 2.05) is 0 Å². The molecule has 0 saturated carbocycles. The highest BCUT2D eigenvalue weighted by Crippen LogP contribution is 2.18. The van der Waals surface area contributed by atoms with Gasteiger partial charge in [0.2, 0.25) is 0 Å². The summed E-state index contributed by atoms with van der Waals surface area (Å²) >= 11 is 0. The van der Waals surface area contributed by atoms with E-state index in [4.69, 9.17) is 5.73 Å². The molecule has 1 aliphatic heterocycles. The van der Waals surface area contributed by atoms with Gasteiger partial charge in [-0.15, -0.1) is 0 Å². The van der Waals surface area contributed by atoms with Crippen molar-refractivity contribution >= 4 is 11.6 Å². The molecule has 2 rings (SSSR count). The Morgan fingerprint density at radius 2 is 2.39 bits per heavy atom. The second-order valence-corrected chi connectivity index (χ2v) is 4.54. The number of carbonyl (C=O) groups excluding carboxylic acids is 1. The van der Waals surface area contributed by atoms with Gasteiger partial charge in [0, 0.05) is 18.3 Å². The van der Waals surface area contributed by atoms with Crippen LogP contribution < -0.4 is 16.4 Å². The number of nitrogens with two attached hydrogens (primary N) is 1. The third-order valence-corrected chi connectivity index (χ3v) is 3.23. The summed E-state index contributed by atoms with van der Waals surface area (Å²) in [6.07, 6.45) is 3.33. The average molecular weight is 251 g/mol. The van der Waals surface area contributed by atoms with Crippen LogP contribution >= 0.6 is 0 Å². The SMILES string of the molecule is NC(=O)c1c(F)cccc1NCCC1CCCN1. The first-order valence-corrected chi connectivity index (χ1v) is 6.24. The van der Waals surface area contributed by atoms with Crippen LogP contribution in [0, 0.1) is 5.82 Å². The highest BCUT2D eigenvalue weighted by atomic mass is 19.1. The number of primary amides is 1. The number of hydrogen-bond acceptors (Lipinski definition) is 3. The fraction of sp³-hybridized carbons (Fsp3) is 0.462. The Morgan fingerprint density at radius 3 is 3.06 bits per heavy atom. The standard InChI is InChI=1S/C13H18FN3O/c14-10-4-1-5-11(12(10)13(15)18)17-8-6-9-3-2-7-16-9/h1,4-5,9,16-17H,2-3,6-8H2,(H2,15,18). The van der Waals surface area contributed by atoms with Gasteiger partial charge in [-0.3, -0.25) is 4.79 Å². The molecule has 0 radical (unpaired) electrons. The zero-order valence-electron chi connectivity index (χ0n) is 10.2. The molecule has 5 heteroatoms. The number of anilines is 1. The summed E-state index contributed by atoms with van der Waals surface area (Å²) in [4.78, 5) is 11.2. The summed E-state index contributed by atoms with van der Waals surface area (Å²) in [5, 5.41) is 6.47.